The molecule has 0 saturated carbocycles. The van der Waals surface area contributed by atoms with E-state index < -0.39 is 5.41 Å². The van der Waals surface area contributed by atoms with Crippen molar-refractivity contribution in [2.45, 2.75) is 5.41 Å². The van der Waals surface area contributed by atoms with E-state index in [-0.39, 0.29) is 0 Å². The van der Waals surface area contributed by atoms with Crippen LogP contribution >= 0.6 is 0 Å². The van der Waals surface area contributed by atoms with E-state index in [0.29, 0.717) is 0 Å². The van der Waals surface area contributed by atoms with E-state index in [9.17, 15) is 0 Å². The Hall–Kier alpha value is -8.98. The summed E-state index contributed by atoms with van der Waals surface area (Å²) in [6.07, 6.45) is 0. The molecule has 322 valence electrons. The molecule has 2 aliphatic rings. The summed E-state index contributed by atoms with van der Waals surface area (Å²) in [6.45, 7) is 0. The van der Waals surface area contributed by atoms with Gasteiger partial charge in [0.2, 0.25) is 0 Å². The number of para-hydroxylation sites is 4. The van der Waals surface area contributed by atoms with E-state index in [1.807, 2.05) is 0 Å². The number of rotatable bonds is 7. The molecule has 0 bridgehead atoms. The molecule has 0 unspecified atom stereocenters. The standard InChI is InChI=1S/C67H44N2/c1-3-19-45(20-4-1)46-37-39-47(40-38-46)48-41-43-50(44-42-48)68(61-33-14-10-25-53(61)52-24-8-7-23-51(52)49-21-5-2-6-22-49)64-36-18-31-59-65(64)56-27-9-12-29-57(56)67(59)58-30-13-16-35-63(58)69-62-34-15-11-26-54(62)55-28-17-32-60(67)66(55)69/h1-44H/t67-/m0/s1. The number of nitrogens with zero attached hydrogens (tertiary/aromatic N) is 2. The minimum atomic E-state index is -0.580. The van der Waals surface area contributed by atoms with Crippen LogP contribution in [-0.2, 0) is 5.41 Å². The van der Waals surface area contributed by atoms with Crippen molar-refractivity contribution >= 4 is 38.9 Å². The van der Waals surface area contributed by atoms with Crippen molar-refractivity contribution in [2.24, 2.45) is 0 Å². The molecule has 0 saturated heterocycles. The van der Waals surface area contributed by atoms with E-state index in [1.165, 1.54) is 99.8 Å². The van der Waals surface area contributed by atoms with E-state index in [2.05, 4.69) is 276 Å². The maximum absolute atomic E-state index is 2.53. The molecule has 2 heteroatoms. The zero-order valence-electron chi connectivity index (χ0n) is 37.8. The molecule has 0 N–H and O–H groups in total. The zero-order chi connectivity index (χ0) is 45.5. The molecule has 0 amide bonds. The van der Waals surface area contributed by atoms with E-state index >= 15 is 0 Å². The van der Waals surface area contributed by atoms with Gasteiger partial charge in [-0.1, -0.05) is 231 Å². The molecule has 1 atom stereocenters. The number of benzene rings is 11. The summed E-state index contributed by atoms with van der Waals surface area (Å²) in [6, 6.07) is 98.6. The van der Waals surface area contributed by atoms with Crippen molar-refractivity contribution in [3.63, 3.8) is 0 Å². The number of anilines is 3. The predicted octanol–water partition coefficient (Wildman–Crippen LogP) is 17.6. The van der Waals surface area contributed by atoms with Crippen LogP contribution in [0.4, 0.5) is 17.1 Å². The van der Waals surface area contributed by atoms with Gasteiger partial charge < -0.3 is 9.47 Å². The molecule has 2 heterocycles. The van der Waals surface area contributed by atoms with Crippen molar-refractivity contribution in [1.29, 1.82) is 0 Å². The van der Waals surface area contributed by atoms with Gasteiger partial charge in [-0.15, -0.1) is 0 Å². The van der Waals surface area contributed by atoms with Crippen LogP contribution in [-0.4, -0.2) is 4.57 Å². The summed E-state index contributed by atoms with van der Waals surface area (Å²) in [5.41, 5.74) is 23.7. The highest BCUT2D eigenvalue weighted by molar-refractivity contribution is 6.13. The minimum absolute atomic E-state index is 0.580. The third-order valence-corrected chi connectivity index (χ3v) is 14.8. The van der Waals surface area contributed by atoms with Crippen LogP contribution in [0.2, 0.25) is 0 Å². The Bertz CT molecular complexity index is 3940. The van der Waals surface area contributed by atoms with Crippen molar-refractivity contribution in [1.82, 2.24) is 4.57 Å². The Morgan fingerprint density at radius 2 is 0.783 bits per heavy atom. The fourth-order valence-electron chi connectivity index (χ4n) is 12.0. The second kappa shape index (κ2) is 15.6. The Kier molecular flexibility index (Phi) is 8.84. The molecule has 1 aliphatic carbocycles. The monoisotopic (exact) mass is 876 g/mol. The maximum atomic E-state index is 2.53. The van der Waals surface area contributed by atoms with Gasteiger partial charge in [-0.2, -0.15) is 0 Å². The van der Waals surface area contributed by atoms with E-state index in [1.54, 1.807) is 0 Å². The van der Waals surface area contributed by atoms with E-state index in [4.69, 9.17) is 0 Å². The number of aromatic nitrogens is 1. The first-order valence-electron chi connectivity index (χ1n) is 23.9. The molecule has 1 aliphatic heterocycles. The third-order valence-electron chi connectivity index (χ3n) is 14.8. The Balaban J connectivity index is 1.02. The van der Waals surface area contributed by atoms with Crippen LogP contribution in [0.5, 0.6) is 0 Å². The summed E-state index contributed by atoms with van der Waals surface area (Å²) in [5.74, 6) is 0. The summed E-state index contributed by atoms with van der Waals surface area (Å²) < 4.78 is 2.52. The lowest BCUT2D eigenvalue weighted by Gasteiger charge is -2.39. The SMILES string of the molecule is c1ccc(-c2ccc(-c3ccc(N(c4ccccc4-c4ccccc4-c4ccccc4)c4cccc5c4-c4ccccc4[C@]54c5ccccc5-n5c6ccccc6c6cccc4c65)cc3)cc2)cc1. The molecule has 2 nitrogen and oxygen atoms in total. The molecule has 12 aromatic rings. The molecule has 14 rings (SSSR count). The Morgan fingerprint density at radius 1 is 0.290 bits per heavy atom. The summed E-state index contributed by atoms with van der Waals surface area (Å²) in [5, 5.41) is 2.55. The quantitative estimate of drug-likeness (QED) is 0.155. The average molecular weight is 877 g/mol. The van der Waals surface area contributed by atoms with Gasteiger partial charge in [0.25, 0.3) is 0 Å². The molecule has 0 fully saturated rings. The van der Waals surface area contributed by atoms with Gasteiger partial charge in [-0.05, 0) is 103 Å². The molecular formula is C67H44N2. The van der Waals surface area contributed by atoms with Crippen molar-refractivity contribution < 1.29 is 0 Å². The van der Waals surface area contributed by atoms with Gasteiger partial charge in [0.15, 0.2) is 0 Å². The predicted molar refractivity (Wildman–Crippen MR) is 288 cm³/mol. The smallest absolute Gasteiger partial charge is 0.0755 e. The van der Waals surface area contributed by atoms with Crippen LogP contribution in [0.15, 0.2) is 267 Å². The Morgan fingerprint density at radius 3 is 1.54 bits per heavy atom. The van der Waals surface area contributed by atoms with Crippen LogP contribution in [0.25, 0.3) is 83.1 Å². The van der Waals surface area contributed by atoms with E-state index in [0.717, 1.165) is 22.6 Å². The third kappa shape index (κ3) is 5.79. The highest BCUT2D eigenvalue weighted by atomic mass is 15.1. The maximum Gasteiger partial charge on any atom is 0.0755 e. The fourth-order valence-corrected chi connectivity index (χ4v) is 12.0. The summed E-state index contributed by atoms with van der Waals surface area (Å²) >= 11 is 0. The Labute approximate surface area is 402 Å². The topological polar surface area (TPSA) is 8.17 Å². The highest BCUT2D eigenvalue weighted by Gasteiger charge is 2.51. The number of hydrogen-bond donors (Lipinski definition) is 0. The molecule has 1 aromatic heterocycles. The lowest BCUT2D eigenvalue weighted by atomic mass is 9.65. The molecular weight excluding hydrogens is 833 g/mol. The second-order valence-electron chi connectivity index (χ2n) is 18.3. The van der Waals surface area contributed by atoms with Gasteiger partial charge >= 0.3 is 0 Å². The van der Waals surface area contributed by atoms with Gasteiger partial charge in [0.05, 0.1) is 33.5 Å². The van der Waals surface area contributed by atoms with Crippen LogP contribution in [0.1, 0.15) is 22.3 Å². The van der Waals surface area contributed by atoms with Gasteiger partial charge in [-0.25, -0.2) is 0 Å². The molecule has 0 radical (unpaired) electrons. The van der Waals surface area contributed by atoms with Crippen molar-refractivity contribution in [2.75, 3.05) is 4.90 Å². The lowest BCUT2D eigenvalue weighted by molar-refractivity contribution is 0.748. The second-order valence-corrected chi connectivity index (χ2v) is 18.3. The summed E-state index contributed by atoms with van der Waals surface area (Å²) in [7, 11) is 0. The number of fused-ring (bicyclic) bond motifs is 12. The van der Waals surface area contributed by atoms with Crippen molar-refractivity contribution in [3.05, 3.63) is 289 Å². The first kappa shape index (κ1) is 39.2. The van der Waals surface area contributed by atoms with Crippen LogP contribution in [0, 0.1) is 0 Å². The first-order chi connectivity index (χ1) is 34.3. The lowest BCUT2D eigenvalue weighted by Crippen LogP contribution is -2.33. The average Bonchev–Trinajstić information content (AvgIpc) is 3.93. The van der Waals surface area contributed by atoms with Gasteiger partial charge in [0.1, 0.15) is 0 Å². The minimum Gasteiger partial charge on any atom is -0.309 e. The normalized spacial score (nSPS) is 14.1. The largest absolute Gasteiger partial charge is 0.309 e. The number of hydrogen-bond acceptors (Lipinski definition) is 1. The van der Waals surface area contributed by atoms with Gasteiger partial charge in [0, 0.05) is 27.6 Å². The first-order valence-corrected chi connectivity index (χ1v) is 23.9. The van der Waals surface area contributed by atoms with Gasteiger partial charge in [-0.3, -0.25) is 0 Å². The summed E-state index contributed by atoms with van der Waals surface area (Å²) in [4.78, 5) is 2.53. The molecule has 1 spiro atoms. The molecule has 69 heavy (non-hydrogen) atoms. The zero-order valence-corrected chi connectivity index (χ0v) is 37.8. The van der Waals surface area contributed by atoms with Crippen molar-refractivity contribution in [3.8, 4) is 61.3 Å². The highest BCUT2D eigenvalue weighted by Crippen LogP contribution is 2.63. The fraction of sp³-hybridized carbons (Fsp3) is 0.0149. The molecule has 11 aromatic carbocycles. The van der Waals surface area contributed by atoms with Crippen LogP contribution < -0.4 is 4.90 Å². The van der Waals surface area contributed by atoms with Crippen LogP contribution in [0.3, 0.4) is 0 Å².